The molecule has 4 N–H and O–H groups in total. The van der Waals surface area contributed by atoms with E-state index in [0.717, 1.165) is 24.6 Å². The molecule has 0 radical (unpaired) electrons. The number of hydrogen-bond acceptors (Lipinski definition) is 7. The highest BCUT2D eigenvalue weighted by Gasteiger charge is 2.22. The number of rotatable bonds is 10. The lowest BCUT2D eigenvalue weighted by Crippen LogP contribution is -2.33. The molecule has 1 saturated heterocycles. The molecule has 1 aliphatic rings. The Balaban J connectivity index is 1.73. The summed E-state index contributed by atoms with van der Waals surface area (Å²) in [5.41, 5.74) is 0.671. The van der Waals surface area contributed by atoms with E-state index in [9.17, 15) is 18.0 Å². The third-order valence-electron chi connectivity index (χ3n) is 4.67. The van der Waals surface area contributed by atoms with Gasteiger partial charge in [-0.2, -0.15) is 5.10 Å². The molecular formula is C21H22F3N5O4. The molecule has 2 aromatic rings. The van der Waals surface area contributed by atoms with Gasteiger partial charge in [-0.1, -0.05) is 0 Å². The highest BCUT2D eigenvalue weighted by atomic mass is 19.2. The molecule has 0 spiro atoms. The molecule has 33 heavy (non-hydrogen) atoms. The van der Waals surface area contributed by atoms with Gasteiger partial charge in [-0.05, 0) is 30.2 Å². The summed E-state index contributed by atoms with van der Waals surface area (Å²) < 4.78 is 56.5. The number of allylic oxidation sites excluding steroid dienone is 2. The van der Waals surface area contributed by atoms with E-state index in [0.29, 0.717) is 19.8 Å². The Labute approximate surface area is 186 Å². The van der Waals surface area contributed by atoms with Crippen LogP contribution in [0.3, 0.4) is 0 Å². The van der Waals surface area contributed by atoms with E-state index < -0.39 is 23.4 Å². The van der Waals surface area contributed by atoms with Crippen LogP contribution in [0.15, 0.2) is 18.2 Å². The zero-order valence-corrected chi connectivity index (χ0v) is 17.4. The molecule has 176 valence electrons. The van der Waals surface area contributed by atoms with Gasteiger partial charge in [0, 0.05) is 24.4 Å². The summed E-state index contributed by atoms with van der Waals surface area (Å²) in [7, 11) is 0. The van der Waals surface area contributed by atoms with Gasteiger partial charge in [0.1, 0.15) is 18.4 Å². The van der Waals surface area contributed by atoms with Gasteiger partial charge in [-0.25, -0.2) is 13.2 Å². The van der Waals surface area contributed by atoms with Crippen LogP contribution in [0.4, 0.5) is 19.0 Å². The number of benzene rings is 1. The standard InChI is InChI=1S/C21H22F3N5O4/c22-15-7-12(8-16(23)18(15)24)1-2-17(30)27-21-20(33-11-14-10-31-5-6-32-14)19(28-29-21)13(9-26)3-4-25/h3-4,7-9,14,25-26H,1-2,5-6,10-11H2,(H2,27,28,29,30)/b13-3+,25-4?,26-9?/t14-/m1/s1. The number of carbonyl (C=O) groups is 1. The number of hydrogen-bond donors (Lipinski definition) is 4. The molecule has 9 nitrogen and oxygen atoms in total. The number of carbonyl (C=O) groups excluding carboxylic acids is 1. The second kappa shape index (κ2) is 11.4. The van der Waals surface area contributed by atoms with Crippen LogP contribution in [-0.4, -0.2) is 61.1 Å². The van der Waals surface area contributed by atoms with Crippen molar-refractivity contribution in [1.82, 2.24) is 10.2 Å². The summed E-state index contributed by atoms with van der Waals surface area (Å²) in [5.74, 6) is -4.60. The van der Waals surface area contributed by atoms with E-state index in [1.807, 2.05) is 0 Å². The smallest absolute Gasteiger partial charge is 0.226 e. The van der Waals surface area contributed by atoms with E-state index in [1.165, 1.54) is 6.08 Å². The third-order valence-corrected chi connectivity index (χ3v) is 4.67. The van der Waals surface area contributed by atoms with Gasteiger partial charge >= 0.3 is 0 Å². The zero-order chi connectivity index (χ0) is 23.8. The summed E-state index contributed by atoms with van der Waals surface area (Å²) in [6, 6.07) is 1.66. The van der Waals surface area contributed by atoms with Crippen molar-refractivity contribution in [2.75, 3.05) is 31.7 Å². The molecule has 0 aliphatic carbocycles. The Bertz CT molecular complexity index is 1030. The first-order valence-corrected chi connectivity index (χ1v) is 9.98. The molecule has 1 fully saturated rings. The maximum absolute atomic E-state index is 13.4. The van der Waals surface area contributed by atoms with Crippen molar-refractivity contribution >= 4 is 29.7 Å². The molecule has 1 atom stereocenters. The molecule has 1 aliphatic heterocycles. The molecule has 0 saturated carbocycles. The number of amides is 1. The first-order valence-electron chi connectivity index (χ1n) is 9.98. The molecule has 1 amide bonds. The third kappa shape index (κ3) is 6.26. The van der Waals surface area contributed by atoms with Crippen molar-refractivity contribution < 1.29 is 32.2 Å². The fraction of sp³-hybridized carbons (Fsp3) is 0.333. The molecule has 3 rings (SSSR count). The Kier molecular flexibility index (Phi) is 8.33. The maximum atomic E-state index is 13.4. The van der Waals surface area contributed by atoms with Gasteiger partial charge in [-0.15, -0.1) is 0 Å². The highest BCUT2D eigenvalue weighted by molar-refractivity contribution is 6.13. The fourth-order valence-corrected chi connectivity index (χ4v) is 3.06. The van der Waals surface area contributed by atoms with E-state index in [2.05, 4.69) is 15.5 Å². The molecule has 2 heterocycles. The Morgan fingerprint density at radius 3 is 2.67 bits per heavy atom. The van der Waals surface area contributed by atoms with Crippen LogP contribution in [0.5, 0.6) is 5.75 Å². The number of halogens is 3. The van der Waals surface area contributed by atoms with Crippen LogP contribution in [0.1, 0.15) is 17.7 Å². The minimum Gasteiger partial charge on any atom is -0.485 e. The Hall–Kier alpha value is -3.51. The van der Waals surface area contributed by atoms with Crippen LogP contribution >= 0.6 is 0 Å². The van der Waals surface area contributed by atoms with Gasteiger partial charge < -0.3 is 30.3 Å². The maximum Gasteiger partial charge on any atom is 0.226 e. The van der Waals surface area contributed by atoms with Gasteiger partial charge in [0.05, 0.1) is 19.8 Å². The fourth-order valence-electron chi connectivity index (χ4n) is 3.06. The summed E-state index contributed by atoms with van der Waals surface area (Å²) in [4.78, 5) is 12.4. The summed E-state index contributed by atoms with van der Waals surface area (Å²) in [5, 5.41) is 24.1. The van der Waals surface area contributed by atoms with Crippen molar-refractivity contribution in [3.05, 3.63) is 46.9 Å². The largest absolute Gasteiger partial charge is 0.485 e. The second-order valence-electron chi connectivity index (χ2n) is 7.01. The quantitative estimate of drug-likeness (QED) is 0.316. The molecule has 0 bridgehead atoms. The lowest BCUT2D eigenvalue weighted by Gasteiger charge is -2.23. The number of anilines is 1. The van der Waals surface area contributed by atoms with E-state index in [-0.39, 0.29) is 54.0 Å². The summed E-state index contributed by atoms with van der Waals surface area (Å²) in [6.45, 7) is 1.31. The van der Waals surface area contributed by atoms with Crippen LogP contribution < -0.4 is 10.1 Å². The SMILES string of the molecule is N=C/C=C(\C=N)c1[nH]nc(NC(=O)CCc2cc(F)c(F)c(F)c2)c1OC[C@H]1COCCO1. The molecule has 0 unspecified atom stereocenters. The number of nitrogens with zero attached hydrogens (tertiary/aromatic N) is 1. The van der Waals surface area contributed by atoms with Crippen LogP contribution in [0.25, 0.3) is 5.57 Å². The van der Waals surface area contributed by atoms with Crippen LogP contribution in [0, 0.1) is 28.3 Å². The predicted molar refractivity (Wildman–Crippen MR) is 113 cm³/mol. The first-order chi connectivity index (χ1) is 15.9. The number of ether oxygens (including phenoxy) is 3. The van der Waals surface area contributed by atoms with E-state index >= 15 is 0 Å². The highest BCUT2D eigenvalue weighted by Crippen LogP contribution is 2.31. The average Bonchev–Trinajstić information content (AvgIpc) is 3.20. The van der Waals surface area contributed by atoms with E-state index in [1.54, 1.807) is 0 Å². The average molecular weight is 465 g/mol. The van der Waals surface area contributed by atoms with Gasteiger partial charge in [-0.3, -0.25) is 9.89 Å². The minimum atomic E-state index is -1.57. The number of nitrogens with one attached hydrogen (secondary N) is 4. The molecule has 12 heteroatoms. The number of aromatic nitrogens is 2. The zero-order valence-electron chi connectivity index (χ0n) is 17.4. The van der Waals surface area contributed by atoms with Gasteiger partial charge in [0.25, 0.3) is 0 Å². The van der Waals surface area contributed by atoms with Crippen molar-refractivity contribution in [2.24, 2.45) is 0 Å². The Morgan fingerprint density at radius 2 is 2.03 bits per heavy atom. The Morgan fingerprint density at radius 1 is 1.27 bits per heavy atom. The molecular weight excluding hydrogens is 443 g/mol. The number of aromatic amines is 1. The number of H-pyrrole nitrogens is 1. The van der Waals surface area contributed by atoms with Crippen molar-refractivity contribution in [3.63, 3.8) is 0 Å². The minimum absolute atomic E-state index is 0.0286. The lowest BCUT2D eigenvalue weighted by atomic mass is 10.1. The monoisotopic (exact) mass is 465 g/mol. The van der Waals surface area contributed by atoms with Crippen LogP contribution in [0.2, 0.25) is 0 Å². The van der Waals surface area contributed by atoms with Crippen LogP contribution in [-0.2, 0) is 20.7 Å². The predicted octanol–water partition coefficient (Wildman–Crippen LogP) is 2.88. The van der Waals surface area contributed by atoms with Crippen molar-refractivity contribution in [1.29, 1.82) is 10.8 Å². The van der Waals surface area contributed by atoms with Gasteiger partial charge in [0.15, 0.2) is 29.0 Å². The molecule has 1 aromatic heterocycles. The van der Waals surface area contributed by atoms with Crippen molar-refractivity contribution in [2.45, 2.75) is 18.9 Å². The summed E-state index contributed by atoms with van der Waals surface area (Å²) >= 11 is 0. The lowest BCUT2D eigenvalue weighted by molar-refractivity contribution is -0.116. The summed E-state index contributed by atoms with van der Waals surface area (Å²) in [6.07, 6.45) is 2.77. The number of aryl methyl sites for hydroxylation is 1. The van der Waals surface area contributed by atoms with Crippen molar-refractivity contribution in [3.8, 4) is 5.75 Å². The van der Waals surface area contributed by atoms with E-state index in [4.69, 9.17) is 25.0 Å². The normalized spacial score (nSPS) is 16.3. The molecule has 1 aromatic carbocycles. The van der Waals surface area contributed by atoms with Gasteiger partial charge in [0.2, 0.25) is 5.91 Å². The topological polar surface area (TPSA) is 133 Å². The second-order valence-corrected chi connectivity index (χ2v) is 7.01. The first kappa shape index (κ1) is 24.1.